The lowest BCUT2D eigenvalue weighted by Crippen LogP contribution is -2.09. The molecule has 4 nitrogen and oxygen atoms in total. The molecule has 110 valence electrons. The summed E-state index contributed by atoms with van der Waals surface area (Å²) in [4.78, 5) is 11.9. The van der Waals surface area contributed by atoms with E-state index in [0.29, 0.717) is 11.3 Å². The van der Waals surface area contributed by atoms with Crippen LogP contribution < -0.4 is 4.74 Å². The molecule has 0 aliphatic heterocycles. The molecular weight excluding hydrogens is 275 g/mol. The molecule has 0 fully saturated rings. The van der Waals surface area contributed by atoms with Crippen molar-refractivity contribution in [2.24, 2.45) is 0 Å². The van der Waals surface area contributed by atoms with Gasteiger partial charge in [0.25, 0.3) is 0 Å². The van der Waals surface area contributed by atoms with Crippen LogP contribution in [0.25, 0.3) is 0 Å². The number of esters is 1. The van der Waals surface area contributed by atoms with E-state index in [2.05, 4.69) is 0 Å². The Labute approximate surface area is 121 Å². The van der Waals surface area contributed by atoms with E-state index in [1.807, 2.05) is 0 Å². The lowest BCUT2D eigenvalue weighted by molar-refractivity contribution is 0.0468. The number of aliphatic hydroxyl groups excluding tert-OH is 1. The first-order valence-corrected chi connectivity index (χ1v) is 6.33. The summed E-state index contributed by atoms with van der Waals surface area (Å²) in [6, 6.07) is 10.7. The Bertz CT molecular complexity index is 623. The Kier molecular flexibility index (Phi) is 4.90. The van der Waals surface area contributed by atoms with Crippen LogP contribution in [0.3, 0.4) is 0 Å². The summed E-state index contributed by atoms with van der Waals surface area (Å²) in [5, 5.41) is 9.16. The maximum Gasteiger partial charge on any atom is 0.338 e. The van der Waals surface area contributed by atoms with Crippen LogP contribution in [0.1, 0.15) is 21.5 Å². The van der Waals surface area contributed by atoms with Crippen molar-refractivity contribution < 1.29 is 23.8 Å². The van der Waals surface area contributed by atoms with Crippen molar-refractivity contribution in [1.82, 2.24) is 0 Å². The molecule has 0 saturated carbocycles. The van der Waals surface area contributed by atoms with E-state index in [9.17, 15) is 9.18 Å². The lowest BCUT2D eigenvalue weighted by Gasteiger charge is -2.09. The fourth-order valence-corrected chi connectivity index (χ4v) is 1.82. The van der Waals surface area contributed by atoms with Gasteiger partial charge in [-0.15, -0.1) is 0 Å². The van der Waals surface area contributed by atoms with Crippen LogP contribution in [0.4, 0.5) is 4.39 Å². The number of carbonyl (C=O) groups excluding carboxylic acids is 1. The molecule has 2 aromatic carbocycles. The van der Waals surface area contributed by atoms with Crippen LogP contribution in [0.5, 0.6) is 5.75 Å². The van der Waals surface area contributed by atoms with Gasteiger partial charge >= 0.3 is 5.97 Å². The fraction of sp³-hybridized carbons (Fsp3) is 0.188. The van der Waals surface area contributed by atoms with Crippen molar-refractivity contribution in [3.8, 4) is 5.75 Å². The van der Waals surface area contributed by atoms with Crippen LogP contribution in [0.2, 0.25) is 0 Å². The Morgan fingerprint density at radius 3 is 2.52 bits per heavy atom. The third-order valence-electron chi connectivity index (χ3n) is 2.99. The van der Waals surface area contributed by atoms with E-state index in [4.69, 9.17) is 14.6 Å². The summed E-state index contributed by atoms with van der Waals surface area (Å²) >= 11 is 0. The number of benzene rings is 2. The molecule has 0 heterocycles. The number of carbonyl (C=O) groups is 1. The zero-order chi connectivity index (χ0) is 15.2. The van der Waals surface area contributed by atoms with Gasteiger partial charge in [0.05, 0.1) is 19.3 Å². The minimum absolute atomic E-state index is 0.0333. The summed E-state index contributed by atoms with van der Waals surface area (Å²) in [7, 11) is 1.56. The Morgan fingerprint density at radius 2 is 1.90 bits per heavy atom. The zero-order valence-electron chi connectivity index (χ0n) is 11.5. The van der Waals surface area contributed by atoms with Crippen molar-refractivity contribution in [3.05, 3.63) is 65.0 Å². The molecule has 0 bridgehead atoms. The molecule has 5 heteroatoms. The first-order chi connectivity index (χ1) is 10.1. The van der Waals surface area contributed by atoms with Gasteiger partial charge in [0, 0.05) is 0 Å². The molecule has 0 radical (unpaired) electrons. The standard InChI is InChI=1S/C16H15FO4/c1-20-14-6-2-11(3-7-14)10-21-16(19)15-8-13(17)5-4-12(15)9-18/h2-8,18H,9-10H2,1H3. The Hall–Kier alpha value is -2.40. The molecule has 0 aromatic heterocycles. The molecule has 0 atom stereocenters. The Balaban J connectivity index is 2.05. The highest BCUT2D eigenvalue weighted by Gasteiger charge is 2.13. The van der Waals surface area contributed by atoms with Gasteiger partial charge in [0.1, 0.15) is 18.2 Å². The molecule has 0 aliphatic rings. The second-order valence-corrected chi connectivity index (χ2v) is 4.38. The van der Waals surface area contributed by atoms with E-state index >= 15 is 0 Å². The number of halogens is 1. The molecule has 21 heavy (non-hydrogen) atoms. The first kappa shape index (κ1) is 15.0. The summed E-state index contributed by atoms with van der Waals surface area (Å²) in [5.74, 6) is -0.518. The summed E-state index contributed by atoms with van der Waals surface area (Å²) in [6.45, 7) is -0.294. The van der Waals surface area contributed by atoms with E-state index in [-0.39, 0.29) is 18.8 Å². The molecule has 2 aromatic rings. The van der Waals surface area contributed by atoms with Gasteiger partial charge in [-0.3, -0.25) is 0 Å². The number of aliphatic hydroxyl groups is 1. The molecule has 0 spiro atoms. The second-order valence-electron chi connectivity index (χ2n) is 4.38. The third-order valence-corrected chi connectivity index (χ3v) is 2.99. The maximum atomic E-state index is 13.2. The maximum absolute atomic E-state index is 13.2. The van der Waals surface area contributed by atoms with Crippen LogP contribution in [0, 0.1) is 5.82 Å². The highest BCUT2D eigenvalue weighted by molar-refractivity contribution is 5.91. The van der Waals surface area contributed by atoms with Gasteiger partial charge in [-0.1, -0.05) is 18.2 Å². The van der Waals surface area contributed by atoms with Crippen molar-refractivity contribution in [3.63, 3.8) is 0 Å². The predicted octanol–water partition coefficient (Wildman–Crippen LogP) is 2.68. The van der Waals surface area contributed by atoms with E-state index in [0.717, 1.165) is 11.6 Å². The van der Waals surface area contributed by atoms with E-state index in [1.54, 1.807) is 31.4 Å². The molecule has 0 aliphatic carbocycles. The largest absolute Gasteiger partial charge is 0.497 e. The summed E-state index contributed by atoms with van der Waals surface area (Å²) in [6.07, 6.45) is 0. The van der Waals surface area contributed by atoms with Gasteiger partial charge in [-0.2, -0.15) is 0 Å². The average Bonchev–Trinajstić information content (AvgIpc) is 2.53. The number of methoxy groups -OCH3 is 1. The molecular formula is C16H15FO4. The van der Waals surface area contributed by atoms with Crippen molar-refractivity contribution in [2.75, 3.05) is 7.11 Å². The van der Waals surface area contributed by atoms with Crippen molar-refractivity contribution >= 4 is 5.97 Å². The number of rotatable bonds is 5. The molecule has 2 rings (SSSR count). The SMILES string of the molecule is COc1ccc(COC(=O)c2cc(F)ccc2CO)cc1. The molecule has 0 saturated heterocycles. The predicted molar refractivity (Wildman–Crippen MR) is 74.4 cm³/mol. The quantitative estimate of drug-likeness (QED) is 0.860. The van der Waals surface area contributed by atoms with Gasteiger partial charge < -0.3 is 14.6 Å². The van der Waals surface area contributed by atoms with Crippen LogP contribution >= 0.6 is 0 Å². The molecule has 0 unspecified atom stereocenters. The van der Waals surface area contributed by atoms with Crippen LogP contribution in [-0.2, 0) is 18.0 Å². The van der Waals surface area contributed by atoms with Crippen molar-refractivity contribution in [1.29, 1.82) is 0 Å². The molecule has 0 amide bonds. The summed E-state index contributed by atoms with van der Waals surface area (Å²) in [5.41, 5.74) is 1.15. The minimum Gasteiger partial charge on any atom is -0.497 e. The third kappa shape index (κ3) is 3.79. The lowest BCUT2D eigenvalue weighted by atomic mass is 10.1. The minimum atomic E-state index is -0.672. The fourth-order valence-electron chi connectivity index (χ4n) is 1.82. The van der Waals surface area contributed by atoms with Gasteiger partial charge in [-0.05, 0) is 35.4 Å². The smallest absolute Gasteiger partial charge is 0.338 e. The van der Waals surface area contributed by atoms with E-state index in [1.165, 1.54) is 12.1 Å². The molecule has 1 N–H and O–H groups in total. The number of hydrogen-bond donors (Lipinski definition) is 1. The Morgan fingerprint density at radius 1 is 1.19 bits per heavy atom. The van der Waals surface area contributed by atoms with Crippen molar-refractivity contribution in [2.45, 2.75) is 13.2 Å². The second kappa shape index (κ2) is 6.85. The average molecular weight is 290 g/mol. The van der Waals surface area contributed by atoms with E-state index < -0.39 is 11.8 Å². The highest BCUT2D eigenvalue weighted by atomic mass is 19.1. The number of hydrogen-bond acceptors (Lipinski definition) is 4. The van der Waals surface area contributed by atoms with Gasteiger partial charge in [-0.25, -0.2) is 9.18 Å². The monoisotopic (exact) mass is 290 g/mol. The topological polar surface area (TPSA) is 55.8 Å². The normalized spacial score (nSPS) is 10.2. The summed E-state index contributed by atoms with van der Waals surface area (Å²) < 4.78 is 23.3. The zero-order valence-corrected chi connectivity index (χ0v) is 11.5. The van der Waals surface area contributed by atoms with Crippen LogP contribution in [-0.4, -0.2) is 18.2 Å². The van der Waals surface area contributed by atoms with Crippen LogP contribution in [0.15, 0.2) is 42.5 Å². The first-order valence-electron chi connectivity index (χ1n) is 6.33. The van der Waals surface area contributed by atoms with Gasteiger partial charge in [0.2, 0.25) is 0 Å². The highest BCUT2D eigenvalue weighted by Crippen LogP contribution is 2.15. The van der Waals surface area contributed by atoms with Gasteiger partial charge in [0.15, 0.2) is 0 Å². The number of ether oxygens (including phenoxy) is 2.